The smallest absolute Gasteiger partial charge is 0.335 e. The lowest BCUT2D eigenvalue weighted by molar-refractivity contribution is 0.0689. The van der Waals surface area contributed by atoms with Crippen LogP contribution in [0.25, 0.3) is 0 Å². The average molecular weight is 302 g/mol. The molecule has 2 unspecified atom stereocenters. The number of nitrogens with zero attached hydrogens (tertiary/aromatic N) is 2. The summed E-state index contributed by atoms with van der Waals surface area (Å²) >= 11 is 0. The molecule has 5 nitrogen and oxygen atoms in total. The number of carboxylic acids is 1. The van der Waals surface area contributed by atoms with E-state index in [1.54, 1.807) is 12.1 Å². The third kappa shape index (κ3) is 2.73. The van der Waals surface area contributed by atoms with Crippen LogP contribution in [0, 0.1) is 0 Å². The first-order valence-corrected chi connectivity index (χ1v) is 7.96. The van der Waals surface area contributed by atoms with Crippen LogP contribution in [0.5, 0.6) is 0 Å². The maximum Gasteiger partial charge on any atom is 0.335 e. The van der Waals surface area contributed by atoms with Gasteiger partial charge in [-0.15, -0.1) is 0 Å². The zero-order valence-corrected chi connectivity index (χ0v) is 12.9. The first-order valence-electron chi connectivity index (χ1n) is 7.96. The fraction of sp³-hybridized carbons (Fsp3) is 0.529. The van der Waals surface area contributed by atoms with Crippen molar-refractivity contribution in [1.82, 2.24) is 9.80 Å². The Morgan fingerprint density at radius 1 is 1.05 bits per heavy atom. The van der Waals surface area contributed by atoms with Gasteiger partial charge in [-0.05, 0) is 63.5 Å². The predicted octanol–water partition coefficient (Wildman–Crippen LogP) is 2.08. The van der Waals surface area contributed by atoms with Crippen LogP contribution in [0.4, 0.5) is 0 Å². The Balaban J connectivity index is 1.71. The maximum absolute atomic E-state index is 12.7. The number of likely N-dealkylation sites (tertiary alicyclic amines) is 2. The number of aromatic carboxylic acids is 1. The Morgan fingerprint density at radius 2 is 1.64 bits per heavy atom. The second-order valence-electron chi connectivity index (χ2n) is 6.22. The predicted molar refractivity (Wildman–Crippen MR) is 83.1 cm³/mol. The van der Waals surface area contributed by atoms with Crippen molar-refractivity contribution in [2.24, 2.45) is 0 Å². The van der Waals surface area contributed by atoms with Gasteiger partial charge in [-0.2, -0.15) is 0 Å². The second kappa shape index (κ2) is 6.08. The zero-order chi connectivity index (χ0) is 15.7. The van der Waals surface area contributed by atoms with E-state index in [4.69, 9.17) is 5.11 Å². The lowest BCUT2D eigenvalue weighted by Gasteiger charge is -2.30. The monoisotopic (exact) mass is 302 g/mol. The Labute approximate surface area is 130 Å². The molecule has 2 heterocycles. The molecule has 0 aromatic heterocycles. The molecule has 2 aliphatic heterocycles. The summed E-state index contributed by atoms with van der Waals surface area (Å²) in [6, 6.07) is 6.89. The van der Waals surface area contributed by atoms with Gasteiger partial charge in [0.25, 0.3) is 5.91 Å². The summed E-state index contributed by atoms with van der Waals surface area (Å²) in [5.74, 6) is -0.964. The highest BCUT2D eigenvalue weighted by atomic mass is 16.4. The number of carbonyl (C=O) groups excluding carboxylic acids is 1. The highest BCUT2D eigenvalue weighted by molar-refractivity contribution is 5.96. The van der Waals surface area contributed by atoms with Crippen molar-refractivity contribution in [1.29, 1.82) is 0 Å². The van der Waals surface area contributed by atoms with Gasteiger partial charge in [-0.25, -0.2) is 4.79 Å². The SMILES string of the molecule is CC1C(N2CCCC2)CCN1C(=O)c1ccc(C(=O)O)cc1. The van der Waals surface area contributed by atoms with Crippen molar-refractivity contribution in [3.8, 4) is 0 Å². The van der Waals surface area contributed by atoms with E-state index >= 15 is 0 Å². The summed E-state index contributed by atoms with van der Waals surface area (Å²) in [6.07, 6.45) is 3.54. The van der Waals surface area contributed by atoms with E-state index in [9.17, 15) is 9.59 Å². The summed E-state index contributed by atoms with van der Waals surface area (Å²) in [6.45, 7) is 5.19. The molecule has 1 aromatic rings. The third-order valence-corrected chi connectivity index (χ3v) is 4.96. The molecular formula is C17H22N2O3. The molecule has 0 spiro atoms. The molecule has 0 saturated carbocycles. The van der Waals surface area contributed by atoms with E-state index in [0.29, 0.717) is 11.6 Å². The zero-order valence-electron chi connectivity index (χ0n) is 12.9. The van der Waals surface area contributed by atoms with Crippen LogP contribution in [-0.2, 0) is 0 Å². The molecule has 118 valence electrons. The van der Waals surface area contributed by atoms with E-state index in [1.807, 2.05) is 4.90 Å². The molecule has 2 saturated heterocycles. The molecule has 0 bridgehead atoms. The van der Waals surface area contributed by atoms with E-state index in [2.05, 4.69) is 11.8 Å². The number of carbonyl (C=O) groups is 2. The van der Waals surface area contributed by atoms with Crippen LogP contribution in [0.2, 0.25) is 0 Å². The molecule has 0 aliphatic carbocycles. The first-order chi connectivity index (χ1) is 10.6. The minimum atomic E-state index is -0.970. The molecule has 2 aliphatic rings. The minimum Gasteiger partial charge on any atom is -0.478 e. The van der Waals surface area contributed by atoms with E-state index in [1.165, 1.54) is 25.0 Å². The topological polar surface area (TPSA) is 60.9 Å². The van der Waals surface area contributed by atoms with Crippen molar-refractivity contribution in [3.63, 3.8) is 0 Å². The molecule has 2 fully saturated rings. The number of benzene rings is 1. The molecule has 1 N–H and O–H groups in total. The van der Waals surface area contributed by atoms with Crippen LogP contribution in [0.3, 0.4) is 0 Å². The second-order valence-corrected chi connectivity index (χ2v) is 6.22. The summed E-state index contributed by atoms with van der Waals surface area (Å²) in [5, 5.41) is 8.92. The number of rotatable bonds is 3. The summed E-state index contributed by atoms with van der Waals surface area (Å²) in [4.78, 5) is 28.0. The van der Waals surface area contributed by atoms with Gasteiger partial charge in [0.1, 0.15) is 0 Å². The lowest BCUT2D eigenvalue weighted by Crippen LogP contribution is -2.44. The minimum absolute atomic E-state index is 0.00568. The maximum atomic E-state index is 12.7. The van der Waals surface area contributed by atoms with Crippen molar-refractivity contribution in [3.05, 3.63) is 35.4 Å². The van der Waals surface area contributed by atoms with Gasteiger partial charge in [0.15, 0.2) is 0 Å². The van der Waals surface area contributed by atoms with Crippen LogP contribution in [0.1, 0.15) is 46.9 Å². The van der Waals surface area contributed by atoms with Gasteiger partial charge in [0.05, 0.1) is 5.56 Å². The lowest BCUT2D eigenvalue weighted by atomic mass is 10.1. The summed E-state index contributed by atoms with van der Waals surface area (Å²) < 4.78 is 0. The van der Waals surface area contributed by atoms with Crippen LogP contribution >= 0.6 is 0 Å². The molecular weight excluding hydrogens is 280 g/mol. The molecule has 2 atom stereocenters. The third-order valence-electron chi connectivity index (χ3n) is 4.96. The number of amides is 1. The number of hydrogen-bond acceptors (Lipinski definition) is 3. The molecule has 1 amide bonds. The van der Waals surface area contributed by atoms with E-state index < -0.39 is 5.97 Å². The van der Waals surface area contributed by atoms with Gasteiger partial charge in [-0.1, -0.05) is 0 Å². The summed E-state index contributed by atoms with van der Waals surface area (Å²) in [7, 11) is 0. The Hall–Kier alpha value is -1.88. The van der Waals surface area contributed by atoms with Crippen LogP contribution in [-0.4, -0.2) is 58.5 Å². The van der Waals surface area contributed by atoms with Gasteiger partial charge < -0.3 is 10.0 Å². The normalized spacial score (nSPS) is 25.6. The summed E-state index contributed by atoms with van der Waals surface area (Å²) in [5.41, 5.74) is 0.778. The van der Waals surface area contributed by atoms with E-state index in [-0.39, 0.29) is 17.5 Å². The molecule has 3 rings (SSSR count). The van der Waals surface area contributed by atoms with Gasteiger partial charge in [0, 0.05) is 24.2 Å². The molecule has 0 radical (unpaired) electrons. The Kier molecular flexibility index (Phi) is 4.16. The van der Waals surface area contributed by atoms with Crippen LogP contribution < -0.4 is 0 Å². The molecule has 22 heavy (non-hydrogen) atoms. The highest BCUT2D eigenvalue weighted by Gasteiger charge is 2.38. The molecule has 5 heteroatoms. The van der Waals surface area contributed by atoms with Gasteiger partial charge in [0.2, 0.25) is 0 Å². The highest BCUT2D eigenvalue weighted by Crippen LogP contribution is 2.27. The Bertz CT molecular complexity index is 564. The standard InChI is InChI=1S/C17H22N2O3/c1-12-15(18-9-2-3-10-18)8-11-19(12)16(20)13-4-6-14(7-5-13)17(21)22/h4-7,12,15H,2-3,8-11H2,1H3,(H,21,22). The van der Waals surface area contributed by atoms with Crippen molar-refractivity contribution < 1.29 is 14.7 Å². The Morgan fingerprint density at radius 3 is 2.23 bits per heavy atom. The average Bonchev–Trinajstić information content (AvgIpc) is 3.16. The quantitative estimate of drug-likeness (QED) is 0.928. The van der Waals surface area contributed by atoms with E-state index in [0.717, 1.165) is 26.1 Å². The van der Waals surface area contributed by atoms with Crippen LogP contribution in [0.15, 0.2) is 24.3 Å². The fourth-order valence-electron chi connectivity index (χ4n) is 3.69. The van der Waals surface area contributed by atoms with Gasteiger partial charge >= 0.3 is 5.97 Å². The largest absolute Gasteiger partial charge is 0.478 e. The van der Waals surface area contributed by atoms with Crippen molar-refractivity contribution in [2.45, 2.75) is 38.3 Å². The number of hydrogen-bond donors (Lipinski definition) is 1. The van der Waals surface area contributed by atoms with Crippen molar-refractivity contribution in [2.75, 3.05) is 19.6 Å². The van der Waals surface area contributed by atoms with Gasteiger partial charge in [-0.3, -0.25) is 9.69 Å². The fourth-order valence-corrected chi connectivity index (χ4v) is 3.69. The number of carboxylic acid groups (broad SMARTS) is 1. The first kappa shape index (κ1) is 15.0. The van der Waals surface area contributed by atoms with Crippen molar-refractivity contribution >= 4 is 11.9 Å². The molecule has 1 aromatic carbocycles.